The van der Waals surface area contributed by atoms with Gasteiger partial charge in [-0.2, -0.15) is 0 Å². The summed E-state index contributed by atoms with van der Waals surface area (Å²) in [5, 5.41) is 0.721. The van der Waals surface area contributed by atoms with Crippen molar-refractivity contribution in [3.8, 4) is 22.8 Å². The van der Waals surface area contributed by atoms with Crippen LogP contribution in [0.1, 0.15) is 0 Å². The van der Waals surface area contributed by atoms with Gasteiger partial charge in [0.05, 0.1) is 35.1 Å². The lowest BCUT2D eigenvalue weighted by molar-refractivity contribution is 0.386. The molecule has 0 spiro atoms. The summed E-state index contributed by atoms with van der Waals surface area (Å²) < 4.78 is 25.5. The largest absolute Gasteiger partial charge is 0.494 e. The monoisotopic (exact) mass is 438 g/mol. The van der Waals surface area contributed by atoms with Gasteiger partial charge in [-0.1, -0.05) is 11.6 Å². The molecule has 1 aromatic carbocycles. The molecule has 0 radical (unpaired) electrons. The van der Waals surface area contributed by atoms with Crippen LogP contribution < -0.4 is 16.0 Å². The standard InChI is InChI=1S/C21H12ClFN4O4/c1-30-17-5-11(12(22)6-13(17)23)16-7-14-19(31-16)20(28)27(21(29)26-14)15-9-24-8-10-3-2-4-25-18(10)15/h2-9H,1H3,(H,26,29). The molecule has 0 aliphatic heterocycles. The van der Waals surface area contributed by atoms with Crippen LogP contribution in [-0.2, 0) is 0 Å². The van der Waals surface area contributed by atoms with E-state index in [0.29, 0.717) is 16.5 Å². The molecule has 4 aromatic heterocycles. The Morgan fingerprint density at radius 1 is 1.23 bits per heavy atom. The number of methoxy groups -OCH3 is 1. The summed E-state index contributed by atoms with van der Waals surface area (Å²) in [6.07, 6.45) is 4.51. The molecule has 0 saturated carbocycles. The lowest BCUT2D eigenvalue weighted by Gasteiger charge is -2.06. The highest BCUT2D eigenvalue weighted by Gasteiger charge is 2.19. The number of rotatable bonds is 3. The molecular formula is C21H12ClFN4O4. The van der Waals surface area contributed by atoms with Gasteiger partial charge in [0.1, 0.15) is 5.76 Å². The number of hydrogen-bond acceptors (Lipinski definition) is 6. The van der Waals surface area contributed by atoms with Crippen molar-refractivity contribution in [2.45, 2.75) is 0 Å². The second kappa shape index (κ2) is 7.06. The van der Waals surface area contributed by atoms with Gasteiger partial charge >= 0.3 is 11.2 Å². The maximum Gasteiger partial charge on any atom is 0.333 e. The second-order valence-corrected chi connectivity index (χ2v) is 7.03. The van der Waals surface area contributed by atoms with Crippen molar-refractivity contribution in [3.63, 3.8) is 0 Å². The Morgan fingerprint density at radius 3 is 2.87 bits per heavy atom. The van der Waals surface area contributed by atoms with Crippen molar-refractivity contribution in [3.05, 3.63) is 80.6 Å². The van der Waals surface area contributed by atoms with Gasteiger partial charge in [-0.3, -0.25) is 14.8 Å². The number of halogens is 2. The van der Waals surface area contributed by atoms with E-state index in [4.69, 9.17) is 20.8 Å². The van der Waals surface area contributed by atoms with E-state index in [1.807, 2.05) is 0 Å². The molecule has 0 bridgehead atoms. The molecule has 8 nitrogen and oxygen atoms in total. The SMILES string of the molecule is COc1cc(-c2cc3[nH]c(=O)n(-c4cncc5cccnc45)c(=O)c3o2)c(Cl)cc1F. The molecule has 0 saturated heterocycles. The zero-order valence-electron chi connectivity index (χ0n) is 15.8. The third-order valence-electron chi connectivity index (χ3n) is 4.81. The van der Waals surface area contributed by atoms with Crippen LogP contribution in [0.2, 0.25) is 5.02 Å². The van der Waals surface area contributed by atoms with Crippen LogP contribution in [0.5, 0.6) is 5.75 Å². The maximum absolute atomic E-state index is 13.9. The number of nitrogens with one attached hydrogen (secondary N) is 1. The first kappa shape index (κ1) is 19.0. The minimum absolute atomic E-state index is 0.0429. The number of H-pyrrole nitrogens is 1. The van der Waals surface area contributed by atoms with Gasteiger partial charge in [0.15, 0.2) is 11.6 Å². The fourth-order valence-corrected chi connectivity index (χ4v) is 3.63. The smallest absolute Gasteiger partial charge is 0.333 e. The molecule has 0 aliphatic carbocycles. The van der Waals surface area contributed by atoms with Crippen LogP contribution in [0.15, 0.2) is 62.9 Å². The van der Waals surface area contributed by atoms with Crippen molar-refractivity contribution < 1.29 is 13.5 Å². The molecule has 0 fully saturated rings. The van der Waals surface area contributed by atoms with Crippen molar-refractivity contribution in [2.24, 2.45) is 0 Å². The van der Waals surface area contributed by atoms with Crippen LogP contribution >= 0.6 is 11.6 Å². The first-order valence-corrected chi connectivity index (χ1v) is 9.37. The molecule has 0 atom stereocenters. The number of hydrogen-bond donors (Lipinski definition) is 1. The van der Waals surface area contributed by atoms with Crippen LogP contribution in [0, 0.1) is 5.82 Å². The minimum atomic E-state index is -0.699. The van der Waals surface area contributed by atoms with Gasteiger partial charge < -0.3 is 14.1 Å². The van der Waals surface area contributed by atoms with Gasteiger partial charge in [0, 0.05) is 29.4 Å². The van der Waals surface area contributed by atoms with E-state index < -0.39 is 17.1 Å². The lowest BCUT2D eigenvalue weighted by Crippen LogP contribution is -2.33. The predicted molar refractivity (Wildman–Crippen MR) is 112 cm³/mol. The van der Waals surface area contributed by atoms with Gasteiger partial charge in [-0.05, 0) is 24.3 Å². The fourth-order valence-electron chi connectivity index (χ4n) is 3.38. The molecule has 0 aliphatic rings. The number of nitrogens with zero attached hydrogens (tertiary/aromatic N) is 3. The predicted octanol–water partition coefficient (Wildman–Crippen LogP) is 3.68. The first-order chi connectivity index (χ1) is 15.0. The van der Waals surface area contributed by atoms with Crippen LogP contribution in [0.25, 0.3) is 39.0 Å². The minimum Gasteiger partial charge on any atom is -0.494 e. The molecule has 31 heavy (non-hydrogen) atoms. The van der Waals surface area contributed by atoms with E-state index in [1.165, 1.54) is 25.4 Å². The quantitative estimate of drug-likeness (QED) is 0.461. The molecule has 5 aromatic rings. The number of furan rings is 1. The summed E-state index contributed by atoms with van der Waals surface area (Å²) in [6.45, 7) is 0. The normalized spacial score (nSPS) is 11.3. The number of ether oxygens (including phenoxy) is 1. The second-order valence-electron chi connectivity index (χ2n) is 6.62. The zero-order valence-corrected chi connectivity index (χ0v) is 16.6. The Bertz CT molecular complexity index is 1600. The molecule has 10 heteroatoms. The first-order valence-electron chi connectivity index (χ1n) is 8.99. The van der Waals surface area contributed by atoms with E-state index in [-0.39, 0.29) is 33.3 Å². The third kappa shape index (κ3) is 2.98. The average molecular weight is 439 g/mol. The van der Waals surface area contributed by atoms with E-state index in [0.717, 1.165) is 10.6 Å². The summed E-state index contributed by atoms with van der Waals surface area (Å²) >= 11 is 6.16. The van der Waals surface area contributed by atoms with Gasteiger partial charge in [0.2, 0.25) is 5.58 Å². The number of aromatic amines is 1. The van der Waals surface area contributed by atoms with Crippen molar-refractivity contribution in [1.82, 2.24) is 19.5 Å². The molecule has 0 unspecified atom stereocenters. The highest BCUT2D eigenvalue weighted by Crippen LogP contribution is 2.35. The van der Waals surface area contributed by atoms with Crippen LogP contribution in [0.3, 0.4) is 0 Å². The zero-order chi connectivity index (χ0) is 21.7. The fraction of sp³-hybridized carbons (Fsp3) is 0.0476. The summed E-state index contributed by atoms with van der Waals surface area (Å²) in [7, 11) is 1.32. The maximum atomic E-state index is 13.9. The van der Waals surface area contributed by atoms with E-state index in [2.05, 4.69) is 15.0 Å². The lowest BCUT2D eigenvalue weighted by atomic mass is 10.1. The van der Waals surface area contributed by atoms with E-state index in [1.54, 1.807) is 24.5 Å². The summed E-state index contributed by atoms with van der Waals surface area (Å²) in [6, 6.07) is 7.37. The molecule has 4 heterocycles. The Hall–Kier alpha value is -3.98. The molecule has 0 amide bonds. The highest BCUT2D eigenvalue weighted by atomic mass is 35.5. The highest BCUT2D eigenvalue weighted by molar-refractivity contribution is 6.33. The van der Waals surface area contributed by atoms with Crippen molar-refractivity contribution in [1.29, 1.82) is 0 Å². The van der Waals surface area contributed by atoms with Crippen molar-refractivity contribution >= 4 is 33.6 Å². The third-order valence-corrected chi connectivity index (χ3v) is 5.13. The van der Waals surface area contributed by atoms with Gasteiger partial charge in [0.25, 0.3) is 0 Å². The summed E-state index contributed by atoms with van der Waals surface area (Å²) in [5.74, 6) is -0.518. The number of fused-ring (bicyclic) bond motifs is 2. The molecule has 1 N–H and O–H groups in total. The summed E-state index contributed by atoms with van der Waals surface area (Å²) in [4.78, 5) is 36.9. The summed E-state index contributed by atoms with van der Waals surface area (Å²) in [5.41, 5.74) is -0.379. The molecular weight excluding hydrogens is 427 g/mol. The van der Waals surface area contributed by atoms with E-state index in [9.17, 15) is 14.0 Å². The van der Waals surface area contributed by atoms with Crippen LogP contribution in [-0.4, -0.2) is 26.6 Å². The Kier molecular flexibility index (Phi) is 4.33. The number of benzene rings is 1. The van der Waals surface area contributed by atoms with Crippen LogP contribution in [0.4, 0.5) is 4.39 Å². The Labute approximate surface area is 177 Å². The van der Waals surface area contributed by atoms with Crippen molar-refractivity contribution in [2.75, 3.05) is 7.11 Å². The Morgan fingerprint density at radius 2 is 2.06 bits per heavy atom. The number of aromatic nitrogens is 4. The van der Waals surface area contributed by atoms with Gasteiger partial charge in [-0.15, -0.1) is 0 Å². The van der Waals surface area contributed by atoms with E-state index >= 15 is 0 Å². The average Bonchev–Trinajstić information content (AvgIpc) is 3.18. The number of pyridine rings is 2. The topological polar surface area (TPSA) is 103 Å². The van der Waals surface area contributed by atoms with Gasteiger partial charge in [-0.25, -0.2) is 13.8 Å². The Balaban J connectivity index is 1.77. The molecule has 154 valence electrons. The molecule has 5 rings (SSSR count).